The largest absolute Gasteiger partial charge is 0.342 e. The van der Waals surface area contributed by atoms with Gasteiger partial charge >= 0.3 is 0 Å². The molecule has 2 aliphatic carbocycles. The van der Waals surface area contributed by atoms with Crippen molar-refractivity contribution in [2.75, 3.05) is 27.2 Å². The van der Waals surface area contributed by atoms with Crippen LogP contribution in [0.1, 0.15) is 51.9 Å². The molecular formula is C16H31N3O. The molecule has 0 saturated heterocycles. The molecule has 20 heavy (non-hydrogen) atoms. The average molecular weight is 281 g/mol. The Morgan fingerprint density at radius 1 is 1.20 bits per heavy atom. The van der Waals surface area contributed by atoms with Gasteiger partial charge in [-0.15, -0.1) is 0 Å². The van der Waals surface area contributed by atoms with Crippen LogP contribution in [0.25, 0.3) is 0 Å². The van der Waals surface area contributed by atoms with Crippen LogP contribution in [0.3, 0.4) is 0 Å². The van der Waals surface area contributed by atoms with Gasteiger partial charge in [-0.2, -0.15) is 0 Å². The highest BCUT2D eigenvalue weighted by Crippen LogP contribution is 2.36. The minimum Gasteiger partial charge on any atom is -0.342 e. The summed E-state index contributed by atoms with van der Waals surface area (Å²) in [5, 5.41) is 0. The third kappa shape index (κ3) is 3.34. The zero-order valence-corrected chi connectivity index (χ0v) is 13.4. The lowest BCUT2D eigenvalue weighted by Crippen LogP contribution is -2.56. The molecule has 2 saturated carbocycles. The molecule has 2 aliphatic rings. The quantitative estimate of drug-likeness (QED) is 0.808. The van der Waals surface area contributed by atoms with E-state index in [1.807, 2.05) is 11.9 Å². The highest BCUT2D eigenvalue weighted by Gasteiger charge is 2.39. The normalized spacial score (nSPS) is 30.6. The van der Waals surface area contributed by atoms with Gasteiger partial charge in [-0.3, -0.25) is 9.69 Å². The van der Waals surface area contributed by atoms with Crippen molar-refractivity contribution in [3.8, 4) is 0 Å². The molecule has 4 nitrogen and oxygen atoms in total. The van der Waals surface area contributed by atoms with Crippen LogP contribution in [0, 0.1) is 5.92 Å². The summed E-state index contributed by atoms with van der Waals surface area (Å²) < 4.78 is 0. The van der Waals surface area contributed by atoms with Crippen molar-refractivity contribution in [1.82, 2.24) is 9.80 Å². The Balaban J connectivity index is 1.91. The maximum Gasteiger partial charge on any atom is 0.236 e. The van der Waals surface area contributed by atoms with E-state index >= 15 is 0 Å². The number of rotatable bonds is 6. The predicted molar refractivity (Wildman–Crippen MR) is 82.5 cm³/mol. The topological polar surface area (TPSA) is 49.6 Å². The first-order chi connectivity index (χ1) is 9.52. The van der Waals surface area contributed by atoms with E-state index in [-0.39, 0.29) is 11.4 Å². The number of likely N-dealkylation sites (N-methyl/N-ethyl adjacent to an activating group) is 2. The summed E-state index contributed by atoms with van der Waals surface area (Å²) in [5.41, 5.74) is 6.13. The molecule has 2 fully saturated rings. The number of carbonyl (C=O) groups is 1. The molecule has 116 valence electrons. The van der Waals surface area contributed by atoms with Crippen LogP contribution in [0.5, 0.6) is 0 Å². The second-order valence-electron chi connectivity index (χ2n) is 6.87. The smallest absolute Gasteiger partial charge is 0.236 e. The van der Waals surface area contributed by atoms with E-state index in [9.17, 15) is 4.79 Å². The van der Waals surface area contributed by atoms with Crippen molar-refractivity contribution < 1.29 is 4.79 Å². The highest BCUT2D eigenvalue weighted by molar-refractivity contribution is 5.78. The summed E-state index contributed by atoms with van der Waals surface area (Å²) in [5.74, 6) is 1.10. The van der Waals surface area contributed by atoms with E-state index in [1.54, 1.807) is 0 Å². The van der Waals surface area contributed by atoms with E-state index in [2.05, 4.69) is 18.9 Å². The van der Waals surface area contributed by atoms with Crippen molar-refractivity contribution in [1.29, 1.82) is 0 Å². The minimum atomic E-state index is 0.0473. The van der Waals surface area contributed by atoms with E-state index < -0.39 is 0 Å². The van der Waals surface area contributed by atoms with E-state index in [1.165, 1.54) is 32.1 Å². The number of carbonyl (C=O) groups excluding carboxylic acids is 1. The summed E-state index contributed by atoms with van der Waals surface area (Å²) in [6.45, 7) is 3.46. The first-order valence-electron chi connectivity index (χ1n) is 8.19. The molecule has 0 aromatic carbocycles. The maximum absolute atomic E-state index is 12.3. The molecule has 0 heterocycles. The van der Waals surface area contributed by atoms with Crippen LogP contribution < -0.4 is 5.73 Å². The van der Waals surface area contributed by atoms with Crippen LogP contribution >= 0.6 is 0 Å². The zero-order valence-electron chi connectivity index (χ0n) is 13.4. The summed E-state index contributed by atoms with van der Waals surface area (Å²) in [4.78, 5) is 16.5. The Bertz CT molecular complexity index is 333. The van der Waals surface area contributed by atoms with Gasteiger partial charge in [0.05, 0.1) is 6.54 Å². The van der Waals surface area contributed by atoms with Gasteiger partial charge in [-0.1, -0.05) is 13.3 Å². The lowest BCUT2D eigenvalue weighted by Gasteiger charge is -2.46. The summed E-state index contributed by atoms with van der Waals surface area (Å²) >= 11 is 0. The van der Waals surface area contributed by atoms with Crippen molar-refractivity contribution in [2.24, 2.45) is 11.7 Å². The standard InChI is InChI=1S/C16H31N3O/c1-4-13-7-9-16(12-17,10-8-13)18(2)11-15(20)19(3)14-5-6-14/h13-14H,4-12,17H2,1-3H3. The van der Waals surface area contributed by atoms with Crippen LogP contribution in [0.2, 0.25) is 0 Å². The lowest BCUT2D eigenvalue weighted by atomic mass is 9.74. The zero-order chi connectivity index (χ0) is 14.8. The Kier molecular flexibility index (Phi) is 5.08. The van der Waals surface area contributed by atoms with Gasteiger partial charge in [-0.25, -0.2) is 0 Å². The Hall–Kier alpha value is -0.610. The molecule has 0 radical (unpaired) electrons. The first kappa shape index (κ1) is 15.8. The Morgan fingerprint density at radius 3 is 2.25 bits per heavy atom. The molecule has 0 atom stereocenters. The molecule has 0 bridgehead atoms. The van der Waals surface area contributed by atoms with Crippen molar-refractivity contribution in [2.45, 2.75) is 63.5 Å². The Labute approximate surface area is 123 Å². The monoisotopic (exact) mass is 281 g/mol. The van der Waals surface area contributed by atoms with Gasteiger partial charge in [0, 0.05) is 25.2 Å². The molecule has 2 N–H and O–H groups in total. The molecule has 0 aromatic heterocycles. The third-order valence-electron chi connectivity index (χ3n) is 5.66. The molecule has 4 heteroatoms. The lowest BCUT2D eigenvalue weighted by molar-refractivity contribution is -0.133. The fraction of sp³-hybridized carbons (Fsp3) is 0.938. The summed E-state index contributed by atoms with van der Waals surface area (Å²) in [6, 6.07) is 0.501. The molecule has 0 aromatic rings. The highest BCUT2D eigenvalue weighted by atomic mass is 16.2. The number of hydrogen-bond acceptors (Lipinski definition) is 3. The fourth-order valence-corrected chi connectivity index (χ4v) is 3.51. The number of nitrogens with two attached hydrogens (primary N) is 1. The predicted octanol–water partition coefficient (Wildman–Crippen LogP) is 1.84. The van der Waals surface area contributed by atoms with Crippen LogP contribution in [-0.2, 0) is 4.79 Å². The van der Waals surface area contributed by atoms with Gasteiger partial charge in [0.15, 0.2) is 0 Å². The van der Waals surface area contributed by atoms with Gasteiger partial charge < -0.3 is 10.6 Å². The molecule has 2 rings (SSSR count). The van der Waals surface area contributed by atoms with Crippen LogP contribution in [0.15, 0.2) is 0 Å². The van der Waals surface area contributed by atoms with Gasteiger partial charge in [0.2, 0.25) is 5.91 Å². The summed E-state index contributed by atoms with van der Waals surface area (Å²) in [7, 11) is 4.02. The number of hydrogen-bond donors (Lipinski definition) is 1. The second kappa shape index (κ2) is 6.44. The first-order valence-corrected chi connectivity index (χ1v) is 8.19. The molecule has 0 aliphatic heterocycles. The second-order valence-corrected chi connectivity index (χ2v) is 6.87. The van der Waals surface area contributed by atoms with Gasteiger partial charge in [0.25, 0.3) is 0 Å². The summed E-state index contributed by atoms with van der Waals surface area (Å²) in [6.07, 6.45) is 8.40. The third-order valence-corrected chi connectivity index (χ3v) is 5.66. The van der Waals surface area contributed by atoms with Crippen molar-refractivity contribution in [3.63, 3.8) is 0 Å². The van der Waals surface area contributed by atoms with Crippen LogP contribution in [0.4, 0.5) is 0 Å². The van der Waals surface area contributed by atoms with Crippen LogP contribution in [-0.4, -0.2) is 54.5 Å². The molecular weight excluding hydrogens is 250 g/mol. The fourth-order valence-electron chi connectivity index (χ4n) is 3.51. The van der Waals surface area contributed by atoms with Crippen molar-refractivity contribution in [3.05, 3.63) is 0 Å². The SMILES string of the molecule is CCC1CCC(CN)(N(C)CC(=O)N(C)C2CC2)CC1. The van der Waals surface area contributed by atoms with E-state index in [4.69, 9.17) is 5.73 Å². The average Bonchev–Trinajstić information content (AvgIpc) is 3.30. The Morgan fingerprint density at radius 2 is 1.80 bits per heavy atom. The number of nitrogens with zero attached hydrogens (tertiary/aromatic N) is 2. The molecule has 1 amide bonds. The number of amides is 1. The minimum absolute atomic E-state index is 0.0473. The molecule has 0 unspecified atom stereocenters. The maximum atomic E-state index is 12.3. The van der Waals surface area contributed by atoms with Gasteiger partial charge in [0.1, 0.15) is 0 Å². The molecule has 0 spiro atoms. The van der Waals surface area contributed by atoms with Gasteiger partial charge in [-0.05, 0) is 51.5 Å². The van der Waals surface area contributed by atoms with E-state index in [0.29, 0.717) is 19.1 Å². The van der Waals surface area contributed by atoms with E-state index in [0.717, 1.165) is 18.8 Å². The van der Waals surface area contributed by atoms with Crippen molar-refractivity contribution >= 4 is 5.91 Å².